The molecule has 2 N–H and O–H groups in total. The van der Waals surface area contributed by atoms with Crippen molar-refractivity contribution in [2.45, 2.75) is 13.8 Å². The molecule has 0 fully saturated rings. The molecule has 1 heterocycles. The lowest BCUT2D eigenvalue weighted by molar-refractivity contribution is -0.140. The van der Waals surface area contributed by atoms with Crippen molar-refractivity contribution in [3.05, 3.63) is 29.6 Å². The molecule has 1 aromatic rings. The minimum Gasteiger partial charge on any atom is -0.481 e. The molecule has 0 aliphatic carbocycles. The van der Waals surface area contributed by atoms with E-state index in [1.807, 2.05) is 6.92 Å². The summed E-state index contributed by atoms with van der Waals surface area (Å²) in [4.78, 5) is 26.1. The van der Waals surface area contributed by atoms with E-state index in [0.29, 0.717) is 5.56 Å². The third-order valence-electron chi connectivity index (χ3n) is 2.16. The molecule has 0 saturated carbocycles. The van der Waals surface area contributed by atoms with Crippen LogP contribution in [0.3, 0.4) is 0 Å². The molecule has 1 aromatic heterocycles. The van der Waals surface area contributed by atoms with Gasteiger partial charge in [-0.15, -0.1) is 0 Å². The van der Waals surface area contributed by atoms with E-state index >= 15 is 0 Å². The fraction of sp³-hybridized carbons (Fsp3) is 0.364. The van der Waals surface area contributed by atoms with Crippen molar-refractivity contribution >= 4 is 11.9 Å². The standard InChI is InChI=1S/C11H14N2O3/c1-7(11(15)16)5-13-10(14)9-4-3-8(2)12-6-9/h3-4,6-7H,5H2,1-2H3,(H,13,14)(H,15,16). The lowest BCUT2D eigenvalue weighted by atomic mass is 10.2. The fourth-order valence-corrected chi connectivity index (χ4v) is 1.04. The zero-order chi connectivity index (χ0) is 12.1. The number of aliphatic carboxylic acids is 1. The molecule has 0 aliphatic rings. The van der Waals surface area contributed by atoms with Crippen LogP contribution in [0.4, 0.5) is 0 Å². The summed E-state index contributed by atoms with van der Waals surface area (Å²) in [5.74, 6) is -1.83. The van der Waals surface area contributed by atoms with Crippen LogP contribution < -0.4 is 5.32 Å². The van der Waals surface area contributed by atoms with Crippen molar-refractivity contribution in [1.82, 2.24) is 10.3 Å². The number of carboxylic acids is 1. The summed E-state index contributed by atoms with van der Waals surface area (Å²) in [6.07, 6.45) is 1.47. The summed E-state index contributed by atoms with van der Waals surface area (Å²) in [7, 11) is 0. The Balaban J connectivity index is 2.53. The summed E-state index contributed by atoms with van der Waals surface area (Å²) in [5, 5.41) is 11.2. The predicted molar refractivity (Wildman–Crippen MR) is 58.1 cm³/mol. The number of carboxylic acid groups (broad SMARTS) is 1. The van der Waals surface area contributed by atoms with E-state index in [-0.39, 0.29) is 12.5 Å². The maximum Gasteiger partial charge on any atom is 0.308 e. The third-order valence-corrected chi connectivity index (χ3v) is 2.16. The normalized spacial score (nSPS) is 11.9. The summed E-state index contributed by atoms with van der Waals surface area (Å²) in [5.41, 5.74) is 1.26. The van der Waals surface area contributed by atoms with Gasteiger partial charge >= 0.3 is 5.97 Å². The molecule has 0 radical (unpaired) electrons. The number of pyridine rings is 1. The van der Waals surface area contributed by atoms with E-state index in [0.717, 1.165) is 5.69 Å². The van der Waals surface area contributed by atoms with Gasteiger partial charge in [0, 0.05) is 18.4 Å². The molecule has 0 saturated heterocycles. The number of carbonyl (C=O) groups is 2. The van der Waals surface area contributed by atoms with E-state index in [2.05, 4.69) is 10.3 Å². The van der Waals surface area contributed by atoms with Gasteiger partial charge in [0.15, 0.2) is 0 Å². The molecule has 0 aliphatic heterocycles. The average molecular weight is 222 g/mol. The van der Waals surface area contributed by atoms with Crippen LogP contribution in [0.15, 0.2) is 18.3 Å². The van der Waals surface area contributed by atoms with Crippen molar-refractivity contribution in [3.8, 4) is 0 Å². The summed E-state index contributed by atoms with van der Waals surface area (Å²) in [6.45, 7) is 3.48. The summed E-state index contributed by atoms with van der Waals surface area (Å²) in [6, 6.07) is 3.39. The van der Waals surface area contributed by atoms with Crippen LogP contribution >= 0.6 is 0 Å². The molecule has 86 valence electrons. The first kappa shape index (κ1) is 12.2. The van der Waals surface area contributed by atoms with E-state index in [4.69, 9.17) is 5.11 Å². The first-order valence-corrected chi connectivity index (χ1v) is 4.94. The second kappa shape index (κ2) is 5.25. The van der Waals surface area contributed by atoms with Crippen molar-refractivity contribution in [1.29, 1.82) is 0 Å². The molecule has 0 spiro atoms. The van der Waals surface area contributed by atoms with Crippen LogP contribution in [-0.2, 0) is 4.79 Å². The number of hydrogen-bond acceptors (Lipinski definition) is 3. The van der Waals surface area contributed by atoms with Gasteiger partial charge in [-0.05, 0) is 19.1 Å². The number of carbonyl (C=O) groups excluding carboxylic acids is 1. The molecule has 0 aromatic carbocycles. The van der Waals surface area contributed by atoms with Crippen LogP contribution in [-0.4, -0.2) is 28.5 Å². The van der Waals surface area contributed by atoms with Crippen molar-refractivity contribution in [2.24, 2.45) is 5.92 Å². The van der Waals surface area contributed by atoms with Crippen LogP contribution in [0.1, 0.15) is 23.0 Å². The fourth-order valence-electron chi connectivity index (χ4n) is 1.04. The molecular formula is C11H14N2O3. The van der Waals surface area contributed by atoms with Gasteiger partial charge < -0.3 is 10.4 Å². The highest BCUT2D eigenvalue weighted by atomic mass is 16.4. The highest BCUT2D eigenvalue weighted by molar-refractivity contribution is 5.94. The minimum absolute atomic E-state index is 0.113. The maximum absolute atomic E-state index is 11.5. The summed E-state index contributed by atoms with van der Waals surface area (Å²) >= 11 is 0. The highest BCUT2D eigenvalue weighted by Crippen LogP contribution is 2.00. The average Bonchev–Trinajstić information content (AvgIpc) is 2.26. The number of nitrogens with one attached hydrogen (secondary N) is 1. The second-order valence-corrected chi connectivity index (χ2v) is 3.64. The Morgan fingerprint density at radius 1 is 1.50 bits per heavy atom. The number of aromatic nitrogens is 1. The van der Waals surface area contributed by atoms with Gasteiger partial charge in [0.2, 0.25) is 0 Å². The topological polar surface area (TPSA) is 79.3 Å². The Labute approximate surface area is 93.5 Å². The third kappa shape index (κ3) is 3.34. The van der Waals surface area contributed by atoms with Crippen molar-refractivity contribution in [2.75, 3.05) is 6.54 Å². The van der Waals surface area contributed by atoms with Gasteiger partial charge in [-0.2, -0.15) is 0 Å². The predicted octanol–water partition coefficient (Wildman–Crippen LogP) is 0.841. The first-order chi connectivity index (χ1) is 7.50. The van der Waals surface area contributed by atoms with Crippen LogP contribution in [0.25, 0.3) is 0 Å². The summed E-state index contributed by atoms with van der Waals surface area (Å²) < 4.78 is 0. The van der Waals surface area contributed by atoms with E-state index < -0.39 is 11.9 Å². The molecule has 5 nitrogen and oxygen atoms in total. The van der Waals surface area contributed by atoms with Gasteiger partial charge in [0.1, 0.15) is 0 Å². The molecule has 1 atom stereocenters. The van der Waals surface area contributed by atoms with Crippen LogP contribution in [0.5, 0.6) is 0 Å². The zero-order valence-electron chi connectivity index (χ0n) is 9.23. The zero-order valence-corrected chi connectivity index (χ0v) is 9.23. The van der Waals surface area contributed by atoms with E-state index in [9.17, 15) is 9.59 Å². The molecule has 16 heavy (non-hydrogen) atoms. The maximum atomic E-state index is 11.5. The number of aryl methyl sites for hydroxylation is 1. The molecule has 1 rings (SSSR count). The second-order valence-electron chi connectivity index (χ2n) is 3.64. The number of rotatable bonds is 4. The molecule has 1 amide bonds. The minimum atomic E-state index is -0.928. The smallest absolute Gasteiger partial charge is 0.308 e. The first-order valence-electron chi connectivity index (χ1n) is 4.94. The van der Waals surface area contributed by atoms with Gasteiger partial charge in [-0.1, -0.05) is 6.92 Å². The quantitative estimate of drug-likeness (QED) is 0.791. The molecule has 1 unspecified atom stereocenters. The van der Waals surface area contributed by atoms with Crippen LogP contribution in [0.2, 0.25) is 0 Å². The van der Waals surface area contributed by atoms with Gasteiger partial charge in [0.25, 0.3) is 5.91 Å². The van der Waals surface area contributed by atoms with Crippen molar-refractivity contribution < 1.29 is 14.7 Å². The number of nitrogens with zero attached hydrogens (tertiary/aromatic N) is 1. The van der Waals surface area contributed by atoms with Crippen LogP contribution in [0, 0.1) is 12.8 Å². The van der Waals surface area contributed by atoms with Crippen molar-refractivity contribution in [3.63, 3.8) is 0 Å². The van der Waals surface area contributed by atoms with Gasteiger partial charge in [0.05, 0.1) is 11.5 Å². The molecule has 0 bridgehead atoms. The Kier molecular flexibility index (Phi) is 3.99. The lowest BCUT2D eigenvalue weighted by Gasteiger charge is -2.08. The largest absolute Gasteiger partial charge is 0.481 e. The highest BCUT2D eigenvalue weighted by Gasteiger charge is 2.12. The Morgan fingerprint density at radius 3 is 2.69 bits per heavy atom. The number of amides is 1. The Morgan fingerprint density at radius 2 is 2.19 bits per heavy atom. The molecule has 5 heteroatoms. The number of hydrogen-bond donors (Lipinski definition) is 2. The van der Waals surface area contributed by atoms with E-state index in [1.54, 1.807) is 12.1 Å². The van der Waals surface area contributed by atoms with E-state index in [1.165, 1.54) is 13.1 Å². The monoisotopic (exact) mass is 222 g/mol. The van der Waals surface area contributed by atoms with Gasteiger partial charge in [-0.3, -0.25) is 14.6 Å². The SMILES string of the molecule is Cc1ccc(C(=O)NCC(C)C(=O)O)cn1. The lowest BCUT2D eigenvalue weighted by Crippen LogP contribution is -2.31. The molecular weight excluding hydrogens is 208 g/mol. The Bertz CT molecular complexity index is 387. The Hall–Kier alpha value is -1.91. The van der Waals surface area contributed by atoms with Gasteiger partial charge in [-0.25, -0.2) is 0 Å².